The summed E-state index contributed by atoms with van der Waals surface area (Å²) in [7, 11) is 0. The molecule has 3 rings (SSSR count). The van der Waals surface area contributed by atoms with E-state index >= 15 is 0 Å². The van der Waals surface area contributed by atoms with Crippen molar-refractivity contribution in [3.8, 4) is 0 Å². The average Bonchev–Trinajstić information content (AvgIpc) is 2.89. The molecule has 1 amide bonds. The van der Waals surface area contributed by atoms with Crippen LogP contribution >= 0.6 is 0 Å². The summed E-state index contributed by atoms with van der Waals surface area (Å²) in [5.41, 5.74) is 6.29. The molecule has 0 aliphatic heterocycles. The summed E-state index contributed by atoms with van der Waals surface area (Å²) < 4.78 is 0. The molecule has 1 aliphatic carbocycles. The van der Waals surface area contributed by atoms with Gasteiger partial charge >= 0.3 is 0 Å². The number of carbonyl (C=O) groups is 1. The summed E-state index contributed by atoms with van der Waals surface area (Å²) in [5, 5.41) is 4.22. The fourth-order valence-electron chi connectivity index (χ4n) is 2.20. The van der Waals surface area contributed by atoms with Gasteiger partial charge in [0.2, 0.25) is 0 Å². The van der Waals surface area contributed by atoms with Gasteiger partial charge in [0.15, 0.2) is 0 Å². The Balaban J connectivity index is 1.77. The molecule has 0 atom stereocenters. The summed E-state index contributed by atoms with van der Waals surface area (Å²) >= 11 is 0. The van der Waals surface area contributed by atoms with E-state index in [-0.39, 0.29) is 5.91 Å². The molecule has 0 bridgehead atoms. The van der Waals surface area contributed by atoms with Crippen LogP contribution in [0.15, 0.2) is 53.8 Å². The number of hydrogen-bond acceptors (Lipinski definition) is 3. The zero-order chi connectivity index (χ0) is 13.1. The Kier molecular flexibility index (Phi) is 3.06. The molecule has 1 aliphatic rings. The fourth-order valence-corrected chi connectivity index (χ4v) is 2.20. The van der Waals surface area contributed by atoms with E-state index in [4.69, 9.17) is 0 Å². The second kappa shape index (κ2) is 5.02. The number of amides is 1. The van der Waals surface area contributed by atoms with Crippen LogP contribution in [0, 0.1) is 0 Å². The Morgan fingerprint density at radius 1 is 1.11 bits per heavy atom. The van der Waals surface area contributed by atoms with Crippen LogP contribution in [0.4, 0.5) is 0 Å². The average molecular weight is 251 g/mol. The molecule has 0 unspecified atom stereocenters. The molecular weight excluding hydrogens is 238 g/mol. The summed E-state index contributed by atoms with van der Waals surface area (Å²) in [4.78, 5) is 15.8. The maximum absolute atomic E-state index is 11.8. The van der Waals surface area contributed by atoms with Crippen LogP contribution < -0.4 is 5.43 Å². The second-order valence-corrected chi connectivity index (χ2v) is 4.37. The van der Waals surface area contributed by atoms with Crippen molar-refractivity contribution in [2.75, 3.05) is 0 Å². The van der Waals surface area contributed by atoms with Crippen LogP contribution in [-0.2, 0) is 6.42 Å². The molecule has 1 heterocycles. The van der Waals surface area contributed by atoms with E-state index < -0.39 is 0 Å². The number of carbonyl (C=O) groups excluding carboxylic acids is 1. The van der Waals surface area contributed by atoms with Gasteiger partial charge in [-0.15, -0.1) is 0 Å². The van der Waals surface area contributed by atoms with Gasteiger partial charge in [0, 0.05) is 11.8 Å². The minimum atomic E-state index is -0.280. The lowest BCUT2D eigenvalue weighted by Gasteiger charge is -2.01. The minimum absolute atomic E-state index is 0.280. The van der Waals surface area contributed by atoms with E-state index in [2.05, 4.69) is 21.6 Å². The standard InChI is InChI=1S/C15H13N3O/c19-15(14-7-3-4-10-16-14)18-17-13-9-8-11-5-1-2-6-12(11)13/h1-7,10H,8-9H2,(H,18,19). The molecule has 1 N–H and O–H groups in total. The Morgan fingerprint density at radius 3 is 2.79 bits per heavy atom. The molecule has 1 aromatic heterocycles. The van der Waals surface area contributed by atoms with Gasteiger partial charge in [0.05, 0.1) is 5.71 Å². The van der Waals surface area contributed by atoms with E-state index in [1.165, 1.54) is 5.56 Å². The van der Waals surface area contributed by atoms with E-state index in [0.29, 0.717) is 5.69 Å². The molecule has 0 saturated heterocycles. The van der Waals surface area contributed by atoms with Crippen molar-refractivity contribution in [1.82, 2.24) is 10.4 Å². The van der Waals surface area contributed by atoms with E-state index in [9.17, 15) is 4.79 Å². The summed E-state index contributed by atoms with van der Waals surface area (Å²) in [6.07, 6.45) is 3.43. The molecule has 1 aromatic carbocycles. The lowest BCUT2D eigenvalue weighted by atomic mass is 10.1. The number of fused-ring (bicyclic) bond motifs is 1. The summed E-state index contributed by atoms with van der Waals surface area (Å²) in [6.45, 7) is 0. The quantitative estimate of drug-likeness (QED) is 0.831. The maximum atomic E-state index is 11.8. The van der Waals surface area contributed by atoms with Gasteiger partial charge in [0.25, 0.3) is 5.91 Å². The van der Waals surface area contributed by atoms with Crippen LogP contribution in [0.2, 0.25) is 0 Å². The number of nitrogens with zero attached hydrogens (tertiary/aromatic N) is 2. The molecule has 4 nitrogen and oxygen atoms in total. The van der Waals surface area contributed by atoms with Gasteiger partial charge in [-0.05, 0) is 30.5 Å². The number of hydrogen-bond donors (Lipinski definition) is 1. The molecule has 0 radical (unpaired) electrons. The molecular formula is C15H13N3O. The Hall–Kier alpha value is -2.49. The first-order valence-electron chi connectivity index (χ1n) is 6.21. The summed E-state index contributed by atoms with van der Waals surface area (Å²) in [5.74, 6) is -0.280. The van der Waals surface area contributed by atoms with Crippen LogP contribution in [0.1, 0.15) is 28.0 Å². The number of hydrazone groups is 1. The van der Waals surface area contributed by atoms with E-state index in [1.54, 1.807) is 24.4 Å². The van der Waals surface area contributed by atoms with Crippen molar-refractivity contribution in [3.63, 3.8) is 0 Å². The van der Waals surface area contributed by atoms with Crippen molar-refractivity contribution in [2.24, 2.45) is 5.10 Å². The first-order valence-corrected chi connectivity index (χ1v) is 6.21. The van der Waals surface area contributed by atoms with Crippen molar-refractivity contribution in [2.45, 2.75) is 12.8 Å². The lowest BCUT2D eigenvalue weighted by Crippen LogP contribution is -2.20. The van der Waals surface area contributed by atoms with Gasteiger partial charge < -0.3 is 0 Å². The number of rotatable bonds is 2. The van der Waals surface area contributed by atoms with Crippen molar-refractivity contribution in [1.29, 1.82) is 0 Å². The highest BCUT2D eigenvalue weighted by Crippen LogP contribution is 2.21. The third-order valence-electron chi connectivity index (χ3n) is 3.15. The third-order valence-corrected chi connectivity index (χ3v) is 3.15. The van der Waals surface area contributed by atoms with Crippen molar-refractivity contribution < 1.29 is 4.79 Å². The van der Waals surface area contributed by atoms with Crippen LogP contribution in [0.3, 0.4) is 0 Å². The van der Waals surface area contributed by atoms with Gasteiger partial charge in [-0.1, -0.05) is 30.3 Å². The second-order valence-electron chi connectivity index (χ2n) is 4.37. The number of aromatic nitrogens is 1. The molecule has 4 heteroatoms. The number of pyridine rings is 1. The molecule has 2 aromatic rings. The van der Waals surface area contributed by atoms with Crippen molar-refractivity contribution >= 4 is 11.6 Å². The van der Waals surface area contributed by atoms with Crippen molar-refractivity contribution in [3.05, 3.63) is 65.5 Å². The highest BCUT2D eigenvalue weighted by molar-refractivity contribution is 6.05. The van der Waals surface area contributed by atoms with Gasteiger partial charge in [-0.3, -0.25) is 9.78 Å². The molecule has 19 heavy (non-hydrogen) atoms. The monoisotopic (exact) mass is 251 g/mol. The third kappa shape index (κ3) is 2.38. The van der Waals surface area contributed by atoms with E-state index in [0.717, 1.165) is 24.1 Å². The predicted molar refractivity (Wildman–Crippen MR) is 73.0 cm³/mol. The number of aryl methyl sites for hydroxylation is 1. The predicted octanol–water partition coefficient (Wildman–Crippen LogP) is 2.16. The van der Waals surface area contributed by atoms with Crippen LogP contribution in [0.5, 0.6) is 0 Å². The molecule has 0 fully saturated rings. The first kappa shape index (κ1) is 11.6. The highest BCUT2D eigenvalue weighted by atomic mass is 16.2. The SMILES string of the molecule is O=C(NN=C1CCc2ccccc21)c1ccccn1. The van der Waals surface area contributed by atoms with Crippen LogP contribution in [-0.4, -0.2) is 16.6 Å². The zero-order valence-electron chi connectivity index (χ0n) is 10.3. The van der Waals surface area contributed by atoms with Gasteiger partial charge in [0.1, 0.15) is 5.69 Å². The lowest BCUT2D eigenvalue weighted by molar-refractivity contribution is 0.0950. The van der Waals surface area contributed by atoms with Gasteiger partial charge in [-0.25, -0.2) is 5.43 Å². The fraction of sp³-hybridized carbons (Fsp3) is 0.133. The Bertz CT molecular complexity index is 635. The molecule has 0 saturated carbocycles. The molecule has 0 spiro atoms. The van der Waals surface area contributed by atoms with Crippen LogP contribution in [0.25, 0.3) is 0 Å². The largest absolute Gasteiger partial charge is 0.289 e. The highest BCUT2D eigenvalue weighted by Gasteiger charge is 2.17. The van der Waals surface area contributed by atoms with E-state index in [1.807, 2.05) is 18.2 Å². The first-order chi connectivity index (χ1) is 9.34. The summed E-state index contributed by atoms with van der Waals surface area (Å²) in [6, 6.07) is 13.4. The Labute approximate surface area is 111 Å². The zero-order valence-corrected chi connectivity index (χ0v) is 10.3. The number of benzene rings is 1. The minimum Gasteiger partial charge on any atom is -0.266 e. The smallest absolute Gasteiger partial charge is 0.266 e. The maximum Gasteiger partial charge on any atom is 0.289 e. The normalized spacial score (nSPS) is 15.3. The molecule has 94 valence electrons. The topological polar surface area (TPSA) is 54.4 Å². The van der Waals surface area contributed by atoms with Gasteiger partial charge in [-0.2, -0.15) is 5.10 Å². The Morgan fingerprint density at radius 2 is 1.95 bits per heavy atom. The number of nitrogens with one attached hydrogen (secondary N) is 1.